The third-order valence-electron chi connectivity index (χ3n) is 3.65. The molecular formula is C15H12N4O4S. The van der Waals surface area contributed by atoms with Crippen molar-refractivity contribution < 1.29 is 19.2 Å². The van der Waals surface area contributed by atoms with Gasteiger partial charge in [-0.25, -0.2) is 0 Å². The maximum atomic E-state index is 12.8. The number of nitrogens with two attached hydrogens (primary N) is 1. The summed E-state index contributed by atoms with van der Waals surface area (Å²) in [5, 5.41) is 2.27. The highest BCUT2D eigenvalue weighted by atomic mass is 32.1. The number of benzene rings is 1. The first-order valence-corrected chi connectivity index (χ1v) is 7.33. The van der Waals surface area contributed by atoms with Gasteiger partial charge in [0.15, 0.2) is 5.11 Å². The fourth-order valence-corrected chi connectivity index (χ4v) is 3.08. The number of amides is 4. The van der Waals surface area contributed by atoms with Crippen molar-refractivity contribution in [1.82, 2.24) is 10.2 Å². The van der Waals surface area contributed by atoms with Crippen LogP contribution in [0, 0.1) is 0 Å². The summed E-state index contributed by atoms with van der Waals surface area (Å²) in [5.74, 6) is -2.43. The zero-order valence-corrected chi connectivity index (χ0v) is 13.3. The second kappa shape index (κ2) is 5.53. The Morgan fingerprint density at radius 3 is 2.54 bits per heavy atom. The normalized spacial score (nSPS) is 19.6. The molecule has 24 heavy (non-hydrogen) atoms. The van der Waals surface area contributed by atoms with Crippen molar-refractivity contribution in [1.29, 1.82) is 0 Å². The van der Waals surface area contributed by atoms with Crippen molar-refractivity contribution in [2.75, 3.05) is 11.4 Å². The van der Waals surface area contributed by atoms with Crippen LogP contribution in [-0.2, 0) is 19.2 Å². The average Bonchev–Trinajstić information content (AvgIpc) is 2.93. The quantitative estimate of drug-likeness (QED) is 0.554. The highest BCUT2D eigenvalue weighted by Crippen LogP contribution is 2.39. The van der Waals surface area contributed by atoms with Gasteiger partial charge < -0.3 is 5.73 Å². The molecule has 1 saturated heterocycles. The monoisotopic (exact) mass is 344 g/mol. The number of nitrogens with one attached hydrogen (secondary N) is 1. The number of anilines is 1. The molecule has 9 heteroatoms. The van der Waals surface area contributed by atoms with Gasteiger partial charge in [-0.05, 0) is 18.3 Å². The van der Waals surface area contributed by atoms with Crippen molar-refractivity contribution in [3.63, 3.8) is 0 Å². The second-order valence-electron chi connectivity index (χ2n) is 5.21. The molecule has 4 amide bonds. The largest absolute Gasteiger partial charge is 0.368 e. The van der Waals surface area contributed by atoms with Gasteiger partial charge in [-0.3, -0.25) is 34.3 Å². The maximum absolute atomic E-state index is 12.8. The lowest BCUT2D eigenvalue weighted by Gasteiger charge is -2.16. The number of thiocarbonyl (C=S) groups is 1. The van der Waals surface area contributed by atoms with Crippen LogP contribution in [0.5, 0.6) is 0 Å². The summed E-state index contributed by atoms with van der Waals surface area (Å²) in [7, 11) is 0. The highest BCUT2D eigenvalue weighted by Gasteiger charge is 2.43. The smallest absolute Gasteiger partial charge is 0.275 e. The average molecular weight is 344 g/mol. The van der Waals surface area contributed by atoms with E-state index in [9.17, 15) is 19.2 Å². The molecule has 0 radical (unpaired) electrons. The standard InChI is InChI=1S/C15H12N4O4S/c1-7(20)19-12(13(22)17-15(19)24)11-8-4-2-3-5-9(8)18(14(11)23)6-10(16)21/h2-5H,6H2,1H3,(H2,16,21)(H,17,22,24). The fourth-order valence-electron chi connectivity index (χ4n) is 2.76. The number of primary amides is 1. The molecule has 0 saturated carbocycles. The van der Waals surface area contributed by atoms with E-state index >= 15 is 0 Å². The predicted octanol–water partition coefficient (Wildman–Crippen LogP) is -0.507. The van der Waals surface area contributed by atoms with Gasteiger partial charge in [0, 0.05) is 12.5 Å². The summed E-state index contributed by atoms with van der Waals surface area (Å²) in [4.78, 5) is 50.4. The molecule has 2 aliphatic heterocycles. The topological polar surface area (TPSA) is 113 Å². The van der Waals surface area contributed by atoms with Gasteiger partial charge in [-0.2, -0.15) is 0 Å². The Balaban J connectivity index is 2.26. The summed E-state index contributed by atoms with van der Waals surface area (Å²) >= 11 is 4.98. The molecule has 1 aromatic rings. The van der Waals surface area contributed by atoms with E-state index in [0.29, 0.717) is 11.3 Å². The Bertz CT molecular complexity index is 861. The first kappa shape index (κ1) is 15.8. The minimum absolute atomic E-state index is 0.0133. The minimum Gasteiger partial charge on any atom is -0.368 e. The molecule has 2 aliphatic rings. The van der Waals surface area contributed by atoms with Crippen molar-refractivity contribution in [3.05, 3.63) is 35.5 Å². The summed E-state index contributed by atoms with van der Waals surface area (Å²) in [5.41, 5.74) is 5.95. The lowest BCUT2D eigenvalue weighted by Crippen LogP contribution is -2.37. The van der Waals surface area contributed by atoms with E-state index in [-0.39, 0.29) is 22.9 Å². The highest BCUT2D eigenvalue weighted by molar-refractivity contribution is 7.80. The van der Waals surface area contributed by atoms with Crippen LogP contribution >= 0.6 is 12.2 Å². The molecule has 0 aliphatic carbocycles. The van der Waals surface area contributed by atoms with Crippen LogP contribution in [-0.4, -0.2) is 40.2 Å². The Hall–Kier alpha value is -3.07. The van der Waals surface area contributed by atoms with Gasteiger partial charge in [-0.1, -0.05) is 18.2 Å². The molecule has 3 N–H and O–H groups in total. The van der Waals surface area contributed by atoms with Crippen LogP contribution in [0.1, 0.15) is 12.5 Å². The van der Waals surface area contributed by atoms with E-state index in [1.54, 1.807) is 24.3 Å². The minimum atomic E-state index is -0.695. The van der Waals surface area contributed by atoms with Crippen LogP contribution in [0.4, 0.5) is 5.69 Å². The number of para-hydroxylation sites is 1. The van der Waals surface area contributed by atoms with E-state index in [1.807, 2.05) is 0 Å². The molecule has 0 spiro atoms. The van der Waals surface area contributed by atoms with Crippen LogP contribution < -0.4 is 16.0 Å². The van der Waals surface area contributed by atoms with Crippen molar-refractivity contribution in [2.24, 2.45) is 5.73 Å². The molecule has 8 nitrogen and oxygen atoms in total. The molecule has 2 heterocycles. The van der Waals surface area contributed by atoms with E-state index in [1.165, 1.54) is 11.8 Å². The Morgan fingerprint density at radius 1 is 1.25 bits per heavy atom. The first-order valence-electron chi connectivity index (χ1n) is 6.92. The second-order valence-corrected chi connectivity index (χ2v) is 5.60. The number of rotatable bonds is 2. The van der Waals surface area contributed by atoms with E-state index in [0.717, 1.165) is 4.90 Å². The number of fused-ring (bicyclic) bond motifs is 1. The van der Waals surface area contributed by atoms with Crippen LogP contribution in [0.3, 0.4) is 0 Å². The molecule has 3 rings (SSSR count). The van der Waals surface area contributed by atoms with Crippen molar-refractivity contribution in [3.8, 4) is 0 Å². The molecule has 0 unspecified atom stereocenters. The lowest BCUT2D eigenvalue weighted by atomic mass is 10.0. The third kappa shape index (κ3) is 2.26. The third-order valence-corrected chi connectivity index (χ3v) is 3.94. The maximum Gasteiger partial charge on any atom is 0.275 e. The summed E-state index contributed by atoms with van der Waals surface area (Å²) < 4.78 is 0. The predicted molar refractivity (Wildman–Crippen MR) is 88.2 cm³/mol. The van der Waals surface area contributed by atoms with E-state index < -0.39 is 23.6 Å². The molecular weight excluding hydrogens is 332 g/mol. The van der Waals surface area contributed by atoms with Crippen molar-refractivity contribution in [2.45, 2.75) is 6.92 Å². The summed E-state index contributed by atoms with van der Waals surface area (Å²) in [6, 6.07) is 6.63. The number of hydrogen-bond acceptors (Lipinski definition) is 5. The van der Waals surface area contributed by atoms with Gasteiger partial charge in [-0.15, -0.1) is 0 Å². The molecule has 122 valence electrons. The molecule has 0 aromatic heterocycles. The SMILES string of the molecule is CC(=O)N1C(=S)NC(=O)C1=C1C(=O)N(CC(N)=O)c2ccccc21. The van der Waals surface area contributed by atoms with Crippen LogP contribution in [0.25, 0.3) is 5.57 Å². The summed E-state index contributed by atoms with van der Waals surface area (Å²) in [6.45, 7) is 0.901. The lowest BCUT2D eigenvalue weighted by molar-refractivity contribution is -0.125. The molecule has 0 bridgehead atoms. The number of nitrogens with zero attached hydrogens (tertiary/aromatic N) is 2. The Labute approximate surface area is 141 Å². The van der Waals surface area contributed by atoms with Crippen LogP contribution in [0.15, 0.2) is 30.0 Å². The Morgan fingerprint density at radius 2 is 1.92 bits per heavy atom. The molecule has 0 atom stereocenters. The fraction of sp³-hybridized carbons (Fsp3) is 0.133. The number of hydrogen-bond donors (Lipinski definition) is 2. The number of carbonyl (C=O) groups is 4. The van der Waals surface area contributed by atoms with Gasteiger partial charge in [0.2, 0.25) is 11.8 Å². The zero-order chi connectivity index (χ0) is 17.6. The van der Waals surface area contributed by atoms with Gasteiger partial charge in [0.25, 0.3) is 11.8 Å². The summed E-state index contributed by atoms with van der Waals surface area (Å²) in [6.07, 6.45) is 0. The first-order chi connectivity index (χ1) is 11.3. The zero-order valence-electron chi connectivity index (χ0n) is 12.5. The van der Waals surface area contributed by atoms with Gasteiger partial charge in [0.1, 0.15) is 12.2 Å². The Kier molecular flexibility index (Phi) is 3.64. The molecule has 1 aromatic carbocycles. The van der Waals surface area contributed by atoms with Gasteiger partial charge >= 0.3 is 0 Å². The van der Waals surface area contributed by atoms with Crippen LogP contribution in [0.2, 0.25) is 0 Å². The van der Waals surface area contributed by atoms with E-state index in [2.05, 4.69) is 5.32 Å². The van der Waals surface area contributed by atoms with Gasteiger partial charge in [0.05, 0.1) is 11.3 Å². The molecule has 1 fully saturated rings. The van der Waals surface area contributed by atoms with E-state index in [4.69, 9.17) is 18.0 Å². The number of carbonyl (C=O) groups excluding carboxylic acids is 4. The van der Waals surface area contributed by atoms with Crippen molar-refractivity contribution >= 4 is 52.2 Å².